The van der Waals surface area contributed by atoms with Crippen LogP contribution in [0.15, 0.2) is 54.6 Å². The molecule has 21 heavy (non-hydrogen) atoms. The lowest BCUT2D eigenvalue weighted by Gasteiger charge is -2.26. The monoisotopic (exact) mass is 279 g/mol. The van der Waals surface area contributed by atoms with Crippen molar-refractivity contribution in [2.45, 2.75) is 12.6 Å². The van der Waals surface area contributed by atoms with Crippen molar-refractivity contribution in [3.8, 4) is 6.07 Å². The van der Waals surface area contributed by atoms with Crippen molar-refractivity contribution in [1.82, 2.24) is 4.90 Å². The van der Waals surface area contributed by atoms with Crippen LogP contribution in [0.3, 0.4) is 0 Å². The zero-order valence-electron chi connectivity index (χ0n) is 11.9. The highest BCUT2D eigenvalue weighted by atomic mass is 16.1. The van der Waals surface area contributed by atoms with Crippen LogP contribution < -0.4 is 5.73 Å². The Labute approximate surface area is 124 Å². The Kier molecular flexibility index (Phi) is 4.70. The van der Waals surface area contributed by atoms with E-state index in [9.17, 15) is 4.79 Å². The van der Waals surface area contributed by atoms with Gasteiger partial charge in [0, 0.05) is 6.54 Å². The van der Waals surface area contributed by atoms with Gasteiger partial charge in [-0.25, -0.2) is 0 Å². The van der Waals surface area contributed by atoms with E-state index >= 15 is 0 Å². The molecule has 0 fully saturated rings. The number of hydrogen-bond donors (Lipinski definition) is 1. The summed E-state index contributed by atoms with van der Waals surface area (Å²) in [4.78, 5) is 13.7. The largest absolute Gasteiger partial charge is 0.368 e. The average molecular weight is 279 g/mol. The maximum Gasteiger partial charge on any atom is 0.239 e. The van der Waals surface area contributed by atoms with Crippen LogP contribution >= 0.6 is 0 Å². The highest BCUT2D eigenvalue weighted by Gasteiger charge is 2.22. The van der Waals surface area contributed by atoms with Gasteiger partial charge in [-0.2, -0.15) is 5.26 Å². The number of nitriles is 1. The summed E-state index contributed by atoms with van der Waals surface area (Å²) in [5.41, 5.74) is 7.99. The number of nitrogens with zero attached hydrogens (tertiary/aromatic N) is 2. The highest BCUT2D eigenvalue weighted by molar-refractivity contribution is 5.81. The van der Waals surface area contributed by atoms with Crippen LogP contribution in [0.4, 0.5) is 0 Å². The molecule has 0 saturated heterocycles. The molecule has 0 saturated carbocycles. The van der Waals surface area contributed by atoms with Gasteiger partial charge in [0.1, 0.15) is 6.04 Å². The van der Waals surface area contributed by atoms with Crippen LogP contribution in [0.2, 0.25) is 0 Å². The standard InChI is InChI=1S/C17H17N3O/c1-20(12-14-7-5-6-13(10-14)11-18)16(17(19)21)15-8-3-2-4-9-15/h2-10,16H,12H2,1H3,(H2,19,21). The van der Waals surface area contributed by atoms with Gasteiger partial charge in [0.2, 0.25) is 5.91 Å². The van der Waals surface area contributed by atoms with Crippen LogP contribution in [-0.2, 0) is 11.3 Å². The van der Waals surface area contributed by atoms with Crippen LogP contribution in [0.5, 0.6) is 0 Å². The fraction of sp³-hybridized carbons (Fsp3) is 0.176. The number of carbonyl (C=O) groups is 1. The number of carbonyl (C=O) groups excluding carboxylic acids is 1. The van der Waals surface area contributed by atoms with E-state index in [1.807, 2.05) is 60.5 Å². The fourth-order valence-corrected chi connectivity index (χ4v) is 2.39. The summed E-state index contributed by atoms with van der Waals surface area (Å²) in [5.74, 6) is -0.389. The minimum atomic E-state index is -0.489. The molecule has 0 aliphatic heterocycles. The Bertz CT molecular complexity index is 661. The molecule has 2 aromatic rings. The van der Waals surface area contributed by atoms with Gasteiger partial charge in [-0.1, -0.05) is 42.5 Å². The average Bonchev–Trinajstić information content (AvgIpc) is 2.48. The second-order valence-corrected chi connectivity index (χ2v) is 4.94. The van der Waals surface area contributed by atoms with Gasteiger partial charge in [0.15, 0.2) is 0 Å². The van der Waals surface area contributed by atoms with Crippen molar-refractivity contribution in [1.29, 1.82) is 5.26 Å². The summed E-state index contributed by atoms with van der Waals surface area (Å²) >= 11 is 0. The smallest absolute Gasteiger partial charge is 0.239 e. The molecule has 1 amide bonds. The first-order valence-corrected chi connectivity index (χ1v) is 6.65. The molecular weight excluding hydrogens is 262 g/mol. The lowest BCUT2D eigenvalue weighted by molar-refractivity contribution is -0.123. The Hall–Kier alpha value is -2.64. The molecule has 0 spiro atoms. The van der Waals surface area contributed by atoms with E-state index in [-0.39, 0.29) is 5.91 Å². The quantitative estimate of drug-likeness (QED) is 0.912. The van der Waals surface area contributed by atoms with Crippen molar-refractivity contribution in [3.63, 3.8) is 0 Å². The van der Waals surface area contributed by atoms with Crippen molar-refractivity contribution in [2.75, 3.05) is 7.05 Å². The van der Waals surface area contributed by atoms with Crippen molar-refractivity contribution < 1.29 is 4.79 Å². The lowest BCUT2D eigenvalue weighted by atomic mass is 10.0. The first-order valence-electron chi connectivity index (χ1n) is 6.65. The molecule has 0 radical (unpaired) electrons. The molecule has 106 valence electrons. The number of likely N-dealkylation sites (N-methyl/N-ethyl adjacent to an activating group) is 1. The highest BCUT2D eigenvalue weighted by Crippen LogP contribution is 2.21. The lowest BCUT2D eigenvalue weighted by Crippen LogP contribution is -2.34. The SMILES string of the molecule is CN(Cc1cccc(C#N)c1)C(C(N)=O)c1ccccc1. The van der Waals surface area contributed by atoms with Gasteiger partial charge in [-0.15, -0.1) is 0 Å². The van der Waals surface area contributed by atoms with Gasteiger partial charge in [-0.3, -0.25) is 9.69 Å². The minimum Gasteiger partial charge on any atom is -0.368 e. The molecule has 2 N–H and O–H groups in total. The number of benzene rings is 2. The third-order valence-electron chi connectivity index (χ3n) is 3.31. The summed E-state index contributed by atoms with van der Waals surface area (Å²) in [6.45, 7) is 0.540. The van der Waals surface area contributed by atoms with Crippen LogP contribution in [-0.4, -0.2) is 17.9 Å². The van der Waals surface area contributed by atoms with Gasteiger partial charge < -0.3 is 5.73 Å². The number of primary amides is 1. The van der Waals surface area contributed by atoms with Crippen LogP contribution in [0.25, 0.3) is 0 Å². The van der Waals surface area contributed by atoms with Crippen molar-refractivity contribution in [2.24, 2.45) is 5.73 Å². The van der Waals surface area contributed by atoms with Crippen molar-refractivity contribution >= 4 is 5.91 Å². The first-order chi connectivity index (χ1) is 10.1. The normalized spacial score (nSPS) is 11.9. The summed E-state index contributed by atoms with van der Waals surface area (Å²) in [6.07, 6.45) is 0. The Morgan fingerprint density at radius 2 is 1.95 bits per heavy atom. The zero-order chi connectivity index (χ0) is 15.2. The first kappa shape index (κ1) is 14.8. The molecule has 1 atom stereocenters. The molecule has 0 aromatic heterocycles. The minimum absolute atomic E-state index is 0.389. The molecule has 0 heterocycles. The van der Waals surface area contributed by atoms with E-state index in [0.29, 0.717) is 12.1 Å². The molecule has 0 aliphatic carbocycles. The number of rotatable bonds is 5. The topological polar surface area (TPSA) is 70.1 Å². The van der Waals surface area contributed by atoms with Crippen LogP contribution in [0.1, 0.15) is 22.7 Å². The molecular formula is C17H17N3O. The molecule has 0 bridgehead atoms. The Morgan fingerprint density at radius 1 is 1.24 bits per heavy atom. The van der Waals surface area contributed by atoms with E-state index in [0.717, 1.165) is 11.1 Å². The van der Waals surface area contributed by atoms with Crippen molar-refractivity contribution in [3.05, 3.63) is 71.3 Å². The summed E-state index contributed by atoms with van der Waals surface area (Å²) in [7, 11) is 1.85. The van der Waals surface area contributed by atoms with Crippen LogP contribution in [0, 0.1) is 11.3 Å². The third-order valence-corrected chi connectivity index (χ3v) is 3.31. The number of amides is 1. The van der Waals surface area contributed by atoms with E-state index in [4.69, 9.17) is 11.0 Å². The van der Waals surface area contributed by atoms with Gasteiger partial charge in [0.25, 0.3) is 0 Å². The maximum atomic E-state index is 11.8. The van der Waals surface area contributed by atoms with E-state index in [2.05, 4.69) is 6.07 Å². The van der Waals surface area contributed by atoms with Gasteiger partial charge in [0.05, 0.1) is 11.6 Å². The second-order valence-electron chi connectivity index (χ2n) is 4.94. The third kappa shape index (κ3) is 3.68. The summed E-state index contributed by atoms with van der Waals surface area (Å²) in [6, 6.07) is 18.4. The second kappa shape index (κ2) is 6.69. The van der Waals surface area contributed by atoms with E-state index in [1.54, 1.807) is 6.07 Å². The predicted molar refractivity (Wildman–Crippen MR) is 81.0 cm³/mol. The molecule has 2 aromatic carbocycles. The fourth-order valence-electron chi connectivity index (χ4n) is 2.39. The maximum absolute atomic E-state index is 11.8. The molecule has 4 nitrogen and oxygen atoms in total. The number of hydrogen-bond acceptors (Lipinski definition) is 3. The Morgan fingerprint density at radius 3 is 2.57 bits per heavy atom. The van der Waals surface area contributed by atoms with Gasteiger partial charge in [-0.05, 0) is 30.3 Å². The molecule has 1 unspecified atom stereocenters. The molecule has 0 aliphatic rings. The molecule has 4 heteroatoms. The van der Waals surface area contributed by atoms with E-state index in [1.165, 1.54) is 0 Å². The van der Waals surface area contributed by atoms with Gasteiger partial charge >= 0.3 is 0 Å². The Balaban J connectivity index is 2.22. The van der Waals surface area contributed by atoms with E-state index < -0.39 is 6.04 Å². The summed E-state index contributed by atoms with van der Waals surface area (Å²) in [5, 5.41) is 8.93. The number of nitrogens with two attached hydrogens (primary N) is 1. The summed E-state index contributed by atoms with van der Waals surface area (Å²) < 4.78 is 0. The molecule has 2 rings (SSSR count). The zero-order valence-corrected chi connectivity index (χ0v) is 11.9. The predicted octanol–water partition coefficient (Wildman–Crippen LogP) is 2.22.